The van der Waals surface area contributed by atoms with Crippen molar-refractivity contribution in [3.63, 3.8) is 0 Å². The Balaban J connectivity index is 1.84. The first-order chi connectivity index (χ1) is 11.4. The molecule has 0 unspecified atom stereocenters. The van der Waals surface area contributed by atoms with Crippen molar-refractivity contribution in [2.75, 3.05) is 0 Å². The van der Waals surface area contributed by atoms with Gasteiger partial charge in [0.1, 0.15) is 11.5 Å². The Kier molecular flexibility index (Phi) is 4.53. The van der Waals surface area contributed by atoms with Crippen LogP contribution >= 0.6 is 11.3 Å². The number of hydrogen-bond acceptors (Lipinski definition) is 2. The highest BCUT2D eigenvalue weighted by molar-refractivity contribution is 7.19. The molecule has 0 radical (unpaired) electrons. The highest BCUT2D eigenvalue weighted by atomic mass is 32.1. The van der Waals surface area contributed by atoms with Crippen molar-refractivity contribution in [1.82, 2.24) is 9.88 Å². The first-order valence-electron chi connectivity index (χ1n) is 7.71. The van der Waals surface area contributed by atoms with Crippen LogP contribution in [0, 0.1) is 12.7 Å². The second-order valence-electron chi connectivity index (χ2n) is 5.99. The summed E-state index contributed by atoms with van der Waals surface area (Å²) in [5.41, 5.74) is 3.54. The molecule has 3 rings (SSSR count). The second-order valence-corrected chi connectivity index (χ2v) is 7.28. The fourth-order valence-corrected chi connectivity index (χ4v) is 3.63. The normalized spacial score (nSPS) is 11.0. The second kappa shape index (κ2) is 6.61. The summed E-state index contributed by atoms with van der Waals surface area (Å²) in [5.74, 6) is -0.419. The minimum Gasteiger partial charge on any atom is -0.347 e. The van der Waals surface area contributed by atoms with Crippen LogP contribution in [0.15, 0.2) is 48.6 Å². The highest BCUT2D eigenvalue weighted by Gasteiger charge is 2.17. The van der Waals surface area contributed by atoms with Crippen molar-refractivity contribution in [1.29, 1.82) is 0 Å². The van der Waals surface area contributed by atoms with Crippen molar-refractivity contribution in [3.05, 3.63) is 70.5 Å². The Labute approximate surface area is 144 Å². The third-order valence-corrected chi connectivity index (χ3v) is 4.73. The van der Waals surface area contributed by atoms with Gasteiger partial charge >= 0.3 is 0 Å². The Bertz CT molecular complexity index is 905. The number of benzene rings is 1. The highest BCUT2D eigenvalue weighted by Crippen LogP contribution is 2.29. The third kappa shape index (κ3) is 3.41. The number of nitrogens with one attached hydrogen (secondary N) is 1. The van der Waals surface area contributed by atoms with E-state index in [4.69, 9.17) is 0 Å². The molecule has 0 saturated heterocycles. The fourth-order valence-electron chi connectivity index (χ4n) is 2.67. The monoisotopic (exact) mass is 342 g/mol. The third-order valence-electron chi connectivity index (χ3n) is 3.74. The molecule has 0 spiro atoms. The van der Waals surface area contributed by atoms with Crippen LogP contribution in [0.25, 0.3) is 10.2 Å². The number of carbonyl (C=O) groups is 1. The van der Waals surface area contributed by atoms with Crippen LogP contribution in [-0.2, 0) is 13.1 Å². The zero-order chi connectivity index (χ0) is 17.3. The molecule has 0 aliphatic heterocycles. The van der Waals surface area contributed by atoms with E-state index in [1.165, 1.54) is 17.0 Å². The molecule has 0 fully saturated rings. The molecule has 1 aromatic carbocycles. The van der Waals surface area contributed by atoms with Gasteiger partial charge in [0, 0.05) is 18.0 Å². The van der Waals surface area contributed by atoms with Crippen molar-refractivity contribution >= 4 is 27.5 Å². The number of aromatic nitrogens is 1. The van der Waals surface area contributed by atoms with Gasteiger partial charge in [0.05, 0.1) is 10.2 Å². The lowest BCUT2D eigenvalue weighted by Crippen LogP contribution is -2.25. The van der Waals surface area contributed by atoms with E-state index < -0.39 is 0 Å². The molecular formula is C19H19FN2OS. The Morgan fingerprint density at radius 1 is 1.29 bits per heavy atom. The van der Waals surface area contributed by atoms with Gasteiger partial charge in [-0.3, -0.25) is 4.79 Å². The predicted molar refractivity (Wildman–Crippen MR) is 96.9 cm³/mol. The number of fused-ring (bicyclic) bond motifs is 1. The van der Waals surface area contributed by atoms with Gasteiger partial charge in [-0.25, -0.2) is 4.39 Å². The molecule has 0 aliphatic rings. The number of carbonyl (C=O) groups excluding carboxylic acids is 1. The van der Waals surface area contributed by atoms with Crippen molar-refractivity contribution in [2.24, 2.45) is 0 Å². The molecular weight excluding hydrogens is 323 g/mol. The number of allylic oxidation sites excluding steroid dienone is 1. The maximum absolute atomic E-state index is 12.9. The molecule has 24 heavy (non-hydrogen) atoms. The Morgan fingerprint density at radius 3 is 2.67 bits per heavy atom. The summed E-state index contributed by atoms with van der Waals surface area (Å²) in [7, 11) is 0. The summed E-state index contributed by atoms with van der Waals surface area (Å²) in [5, 5.41) is 2.91. The lowest BCUT2D eigenvalue weighted by molar-refractivity contribution is 0.0942. The van der Waals surface area contributed by atoms with Crippen LogP contribution in [-0.4, -0.2) is 10.5 Å². The standard InChI is InChI=1S/C19H19FN2OS/c1-12(2)11-22-16-8-13(3)24-18(16)9-17(22)19(23)21-10-14-4-6-15(20)7-5-14/h4-9H,1,10-11H2,2-3H3,(H,21,23). The molecule has 0 aliphatic carbocycles. The summed E-state index contributed by atoms with van der Waals surface area (Å²) in [6, 6.07) is 10.2. The van der Waals surface area contributed by atoms with Gasteiger partial charge in [-0.15, -0.1) is 11.3 Å². The van der Waals surface area contributed by atoms with E-state index in [9.17, 15) is 9.18 Å². The first kappa shape index (κ1) is 16.5. The summed E-state index contributed by atoms with van der Waals surface area (Å²) < 4.78 is 16.0. The molecule has 1 amide bonds. The molecule has 0 bridgehead atoms. The summed E-state index contributed by atoms with van der Waals surface area (Å²) in [6.07, 6.45) is 0. The number of rotatable bonds is 5. The van der Waals surface area contributed by atoms with Crippen LogP contribution in [0.5, 0.6) is 0 Å². The van der Waals surface area contributed by atoms with Crippen LogP contribution in [0.1, 0.15) is 27.9 Å². The Morgan fingerprint density at radius 2 is 2.00 bits per heavy atom. The minimum atomic E-state index is -0.281. The van der Waals surface area contributed by atoms with E-state index >= 15 is 0 Å². The molecule has 3 aromatic rings. The largest absolute Gasteiger partial charge is 0.347 e. The van der Waals surface area contributed by atoms with Crippen molar-refractivity contribution in [3.8, 4) is 0 Å². The van der Waals surface area contributed by atoms with Crippen LogP contribution in [0.2, 0.25) is 0 Å². The van der Waals surface area contributed by atoms with Crippen LogP contribution < -0.4 is 5.32 Å². The van der Waals surface area contributed by atoms with Gasteiger partial charge in [0.2, 0.25) is 0 Å². The molecule has 1 N–H and O–H groups in total. The van der Waals surface area contributed by atoms with E-state index in [1.807, 2.05) is 17.6 Å². The smallest absolute Gasteiger partial charge is 0.268 e. The number of nitrogens with zero attached hydrogens (tertiary/aromatic N) is 1. The lowest BCUT2D eigenvalue weighted by Gasteiger charge is -2.11. The van der Waals surface area contributed by atoms with Gasteiger partial charge in [-0.2, -0.15) is 0 Å². The minimum absolute atomic E-state index is 0.137. The molecule has 124 valence electrons. The van der Waals surface area contributed by atoms with Crippen LogP contribution in [0.3, 0.4) is 0 Å². The van der Waals surface area contributed by atoms with Gasteiger partial charge in [0.15, 0.2) is 0 Å². The maximum Gasteiger partial charge on any atom is 0.268 e. The van der Waals surface area contributed by atoms with E-state index in [0.717, 1.165) is 21.4 Å². The summed E-state index contributed by atoms with van der Waals surface area (Å²) in [6.45, 7) is 8.95. The summed E-state index contributed by atoms with van der Waals surface area (Å²) in [4.78, 5) is 13.8. The molecule has 2 heterocycles. The fraction of sp³-hybridized carbons (Fsp3) is 0.211. The zero-order valence-corrected chi connectivity index (χ0v) is 14.5. The van der Waals surface area contributed by atoms with Gasteiger partial charge in [0.25, 0.3) is 5.91 Å². The predicted octanol–water partition coefficient (Wildman–Crippen LogP) is 4.66. The van der Waals surface area contributed by atoms with Crippen molar-refractivity contribution in [2.45, 2.75) is 26.9 Å². The van der Waals surface area contributed by atoms with Gasteiger partial charge in [-0.05, 0) is 43.7 Å². The van der Waals surface area contributed by atoms with Gasteiger partial charge < -0.3 is 9.88 Å². The average Bonchev–Trinajstić information content (AvgIpc) is 3.03. The van der Waals surface area contributed by atoms with Crippen molar-refractivity contribution < 1.29 is 9.18 Å². The molecule has 3 nitrogen and oxygen atoms in total. The maximum atomic E-state index is 12.9. The van der Waals surface area contributed by atoms with Gasteiger partial charge in [-0.1, -0.05) is 24.3 Å². The quantitative estimate of drug-likeness (QED) is 0.673. The SMILES string of the molecule is C=C(C)Cn1c(C(=O)NCc2ccc(F)cc2)cc2sc(C)cc21. The summed E-state index contributed by atoms with van der Waals surface area (Å²) >= 11 is 1.68. The molecule has 5 heteroatoms. The van der Waals surface area contributed by atoms with Crippen LogP contribution in [0.4, 0.5) is 4.39 Å². The van der Waals surface area contributed by atoms with E-state index in [-0.39, 0.29) is 11.7 Å². The molecule has 2 aromatic heterocycles. The lowest BCUT2D eigenvalue weighted by atomic mass is 10.2. The number of amides is 1. The van der Waals surface area contributed by atoms with E-state index in [0.29, 0.717) is 18.8 Å². The Hall–Kier alpha value is -2.40. The number of aryl methyl sites for hydroxylation is 1. The zero-order valence-electron chi connectivity index (χ0n) is 13.7. The average molecular weight is 342 g/mol. The topological polar surface area (TPSA) is 34.0 Å². The number of thiophene rings is 1. The first-order valence-corrected chi connectivity index (χ1v) is 8.52. The van der Waals surface area contributed by atoms with E-state index in [2.05, 4.69) is 24.9 Å². The molecule has 0 atom stereocenters. The van der Waals surface area contributed by atoms with E-state index in [1.54, 1.807) is 23.5 Å². The number of halogens is 1. The number of hydrogen-bond donors (Lipinski definition) is 1. The molecule has 0 saturated carbocycles.